The molecule has 1 amide bonds. The maximum Gasteiger partial charge on any atom is 0.301 e. The number of aromatic nitrogens is 3. The summed E-state index contributed by atoms with van der Waals surface area (Å²) < 4.78 is 0.631. The molecule has 10 heteroatoms. The molecule has 2 aromatic carbocycles. The normalized spacial score (nSPS) is 16.9. The monoisotopic (exact) mass is 548 g/mol. The van der Waals surface area contributed by atoms with Crippen molar-refractivity contribution in [2.45, 2.75) is 29.5 Å². The van der Waals surface area contributed by atoms with Crippen molar-refractivity contribution in [1.82, 2.24) is 15.2 Å². The van der Waals surface area contributed by atoms with E-state index in [0.717, 1.165) is 17.5 Å². The van der Waals surface area contributed by atoms with Crippen LogP contribution in [0.1, 0.15) is 35.2 Å². The molecule has 5 rings (SSSR count). The maximum absolute atomic E-state index is 13.3. The number of aryl methyl sites for hydroxylation is 1. The number of anilines is 1. The van der Waals surface area contributed by atoms with Crippen LogP contribution in [0.4, 0.5) is 5.13 Å². The van der Waals surface area contributed by atoms with E-state index in [-0.39, 0.29) is 16.5 Å². The number of Topliss-reactive ketones (excluding diaryl/α,β-unsaturated/α-hetero) is 1. The zero-order chi connectivity index (χ0) is 25.9. The Kier molecular flexibility index (Phi) is 7.36. The zero-order valence-electron chi connectivity index (χ0n) is 19.7. The predicted molar refractivity (Wildman–Crippen MR) is 146 cm³/mol. The molecule has 1 saturated heterocycles. The highest BCUT2D eigenvalue weighted by Gasteiger charge is 2.48. The van der Waals surface area contributed by atoms with Crippen LogP contribution in [0.2, 0.25) is 5.02 Å². The van der Waals surface area contributed by atoms with Crippen LogP contribution in [-0.4, -0.2) is 32.0 Å². The first kappa shape index (κ1) is 25.1. The molecule has 0 saturated carbocycles. The molecule has 1 aliphatic heterocycles. The number of thioether (sulfide) groups is 1. The van der Waals surface area contributed by atoms with Crippen LogP contribution >= 0.6 is 34.7 Å². The van der Waals surface area contributed by atoms with Gasteiger partial charge in [-0.25, -0.2) is 0 Å². The molecule has 1 fully saturated rings. The fraction of sp³-hybridized carbons (Fsp3) is 0.148. The van der Waals surface area contributed by atoms with Crippen LogP contribution in [0.5, 0.6) is 0 Å². The highest BCUT2D eigenvalue weighted by molar-refractivity contribution is 8.00. The SMILES string of the molecule is CCc1ccc(C2C(=C(O)c3ccncc3)C(=O)C(=O)N2c2nnc(SCc3ccccc3Cl)s2)cc1. The van der Waals surface area contributed by atoms with Gasteiger partial charge in [-0.1, -0.05) is 84.1 Å². The van der Waals surface area contributed by atoms with Crippen molar-refractivity contribution in [3.05, 3.63) is 106 Å². The summed E-state index contributed by atoms with van der Waals surface area (Å²) in [5.74, 6) is -1.22. The topological polar surface area (TPSA) is 96.3 Å². The van der Waals surface area contributed by atoms with Gasteiger partial charge in [0.25, 0.3) is 5.78 Å². The number of halogens is 1. The number of hydrogen-bond acceptors (Lipinski definition) is 8. The van der Waals surface area contributed by atoms with Crippen LogP contribution in [-0.2, 0) is 21.8 Å². The Morgan fingerprint density at radius 2 is 1.78 bits per heavy atom. The van der Waals surface area contributed by atoms with E-state index in [0.29, 0.717) is 26.2 Å². The Labute approximate surface area is 226 Å². The average molecular weight is 549 g/mol. The number of aliphatic hydroxyl groups excluding tert-OH is 1. The van der Waals surface area contributed by atoms with E-state index < -0.39 is 17.7 Å². The first-order valence-corrected chi connectivity index (χ1v) is 13.7. The Balaban J connectivity index is 1.54. The highest BCUT2D eigenvalue weighted by Crippen LogP contribution is 2.44. The van der Waals surface area contributed by atoms with Crippen molar-refractivity contribution in [3.63, 3.8) is 0 Å². The summed E-state index contributed by atoms with van der Waals surface area (Å²) in [6, 6.07) is 17.5. The molecule has 3 heterocycles. The van der Waals surface area contributed by atoms with Crippen molar-refractivity contribution in [1.29, 1.82) is 0 Å². The quantitative estimate of drug-likeness (QED) is 0.0984. The van der Waals surface area contributed by atoms with Crippen LogP contribution in [0.15, 0.2) is 83.0 Å². The van der Waals surface area contributed by atoms with Gasteiger partial charge < -0.3 is 5.11 Å². The van der Waals surface area contributed by atoms with Crippen LogP contribution < -0.4 is 4.90 Å². The smallest absolute Gasteiger partial charge is 0.301 e. The van der Waals surface area contributed by atoms with Gasteiger partial charge in [-0.05, 0) is 41.3 Å². The molecule has 37 heavy (non-hydrogen) atoms. The number of carbonyl (C=O) groups is 2. The summed E-state index contributed by atoms with van der Waals surface area (Å²) in [4.78, 5) is 31.9. The van der Waals surface area contributed by atoms with Crippen LogP contribution in [0.3, 0.4) is 0 Å². The van der Waals surface area contributed by atoms with Crippen LogP contribution in [0.25, 0.3) is 5.76 Å². The Bertz CT molecular complexity index is 1490. The Morgan fingerprint density at radius 3 is 2.49 bits per heavy atom. The lowest BCUT2D eigenvalue weighted by Gasteiger charge is -2.22. The van der Waals surface area contributed by atoms with Gasteiger partial charge in [-0.15, -0.1) is 10.2 Å². The van der Waals surface area contributed by atoms with E-state index in [4.69, 9.17) is 11.6 Å². The molecule has 186 valence electrons. The number of carbonyl (C=O) groups excluding carboxylic acids is 2. The molecule has 0 aliphatic carbocycles. The summed E-state index contributed by atoms with van der Waals surface area (Å²) in [5, 5.41) is 20.6. The van der Waals surface area contributed by atoms with Gasteiger partial charge in [-0.2, -0.15) is 0 Å². The van der Waals surface area contributed by atoms with Gasteiger partial charge in [0, 0.05) is 28.7 Å². The number of pyridine rings is 1. The Morgan fingerprint density at radius 1 is 1.05 bits per heavy atom. The maximum atomic E-state index is 13.3. The second kappa shape index (κ2) is 10.8. The van der Waals surface area contributed by atoms with Gasteiger partial charge in [0.1, 0.15) is 5.76 Å². The first-order valence-electron chi connectivity index (χ1n) is 11.5. The minimum Gasteiger partial charge on any atom is -0.507 e. The van der Waals surface area contributed by atoms with Crippen molar-refractivity contribution in [2.24, 2.45) is 0 Å². The summed E-state index contributed by atoms with van der Waals surface area (Å²) in [5.41, 5.74) is 3.16. The second-order valence-electron chi connectivity index (χ2n) is 8.23. The molecule has 1 unspecified atom stereocenters. The molecule has 2 aromatic heterocycles. The molecule has 7 nitrogen and oxygen atoms in total. The lowest BCUT2D eigenvalue weighted by molar-refractivity contribution is -0.132. The number of aliphatic hydroxyl groups is 1. The van der Waals surface area contributed by atoms with E-state index in [1.54, 1.807) is 12.1 Å². The molecule has 1 atom stereocenters. The molecular weight excluding hydrogens is 528 g/mol. The molecule has 1 aliphatic rings. The van der Waals surface area contributed by atoms with Crippen molar-refractivity contribution in [2.75, 3.05) is 4.90 Å². The van der Waals surface area contributed by atoms with E-state index in [1.165, 1.54) is 40.4 Å². The third-order valence-corrected chi connectivity index (χ3v) is 8.49. The standard InChI is InChI=1S/C27H21ClN4O3S2/c1-2-16-7-9-17(10-8-16)22-21(23(33)18-11-13-29-14-12-18)24(34)25(35)32(22)26-30-31-27(37-26)36-15-19-5-3-4-6-20(19)28/h3-14,22,33H,2,15H2,1H3. The third kappa shape index (κ3) is 5.02. The number of hydrogen-bond donors (Lipinski definition) is 1. The van der Waals surface area contributed by atoms with Crippen molar-refractivity contribution < 1.29 is 14.7 Å². The fourth-order valence-corrected chi connectivity index (χ4v) is 6.21. The number of ketones is 1. The number of benzene rings is 2. The number of amides is 1. The summed E-state index contributed by atoms with van der Waals surface area (Å²) in [6.45, 7) is 2.05. The Hall–Kier alpha value is -3.53. The van der Waals surface area contributed by atoms with E-state index in [2.05, 4.69) is 15.2 Å². The van der Waals surface area contributed by atoms with Gasteiger partial charge in [0.05, 0.1) is 11.6 Å². The second-order valence-corrected chi connectivity index (χ2v) is 10.8. The lowest BCUT2D eigenvalue weighted by atomic mass is 9.95. The third-order valence-electron chi connectivity index (χ3n) is 6.01. The van der Waals surface area contributed by atoms with Gasteiger partial charge in [0.15, 0.2) is 4.34 Å². The molecular formula is C27H21ClN4O3S2. The van der Waals surface area contributed by atoms with E-state index in [9.17, 15) is 14.7 Å². The summed E-state index contributed by atoms with van der Waals surface area (Å²) >= 11 is 8.93. The molecule has 1 N–H and O–H groups in total. The number of nitrogens with zero attached hydrogens (tertiary/aromatic N) is 4. The molecule has 0 radical (unpaired) electrons. The van der Waals surface area contributed by atoms with Gasteiger partial charge >= 0.3 is 5.91 Å². The molecule has 4 aromatic rings. The predicted octanol–water partition coefficient (Wildman–Crippen LogP) is 6.07. The summed E-state index contributed by atoms with van der Waals surface area (Å²) in [6.07, 6.45) is 3.88. The minimum absolute atomic E-state index is 0.000851. The van der Waals surface area contributed by atoms with E-state index in [1.807, 2.05) is 55.5 Å². The fourth-order valence-electron chi connectivity index (χ4n) is 4.06. The zero-order valence-corrected chi connectivity index (χ0v) is 22.1. The molecule has 0 spiro atoms. The van der Waals surface area contributed by atoms with E-state index >= 15 is 0 Å². The van der Waals surface area contributed by atoms with Gasteiger partial charge in [0.2, 0.25) is 5.13 Å². The number of rotatable bonds is 7. The van der Waals surface area contributed by atoms with Crippen molar-refractivity contribution in [3.8, 4) is 0 Å². The lowest BCUT2D eigenvalue weighted by Crippen LogP contribution is -2.29. The summed E-state index contributed by atoms with van der Waals surface area (Å²) in [7, 11) is 0. The average Bonchev–Trinajstić information content (AvgIpc) is 3.50. The minimum atomic E-state index is -0.853. The molecule has 0 bridgehead atoms. The first-order chi connectivity index (χ1) is 18.0. The van der Waals surface area contributed by atoms with Crippen LogP contribution in [0, 0.1) is 0 Å². The highest BCUT2D eigenvalue weighted by atomic mass is 35.5. The van der Waals surface area contributed by atoms with Crippen molar-refractivity contribution >= 4 is 57.3 Å². The largest absolute Gasteiger partial charge is 0.507 e. The van der Waals surface area contributed by atoms with Gasteiger partial charge in [-0.3, -0.25) is 19.5 Å².